The minimum absolute atomic E-state index is 0.696. The van der Waals surface area contributed by atoms with Gasteiger partial charge in [-0.05, 0) is 44.2 Å². The average molecular weight is 345 g/mol. The minimum atomic E-state index is 0.696. The fourth-order valence-electron chi connectivity index (χ4n) is 3.34. The van der Waals surface area contributed by atoms with E-state index in [-0.39, 0.29) is 0 Å². The number of rotatable bonds is 10. The summed E-state index contributed by atoms with van der Waals surface area (Å²) < 4.78 is 0. The van der Waals surface area contributed by atoms with E-state index in [4.69, 9.17) is 4.99 Å². The van der Waals surface area contributed by atoms with Crippen molar-refractivity contribution in [1.29, 1.82) is 0 Å². The second-order valence-corrected chi connectivity index (χ2v) is 7.04. The molecule has 1 aliphatic rings. The maximum absolute atomic E-state index is 4.81. The van der Waals surface area contributed by atoms with Crippen LogP contribution in [-0.4, -0.2) is 50.1 Å². The molecule has 140 valence electrons. The van der Waals surface area contributed by atoms with Crippen molar-refractivity contribution in [3.05, 3.63) is 35.9 Å². The number of hydrogen-bond donors (Lipinski definition) is 2. The molecule has 2 N–H and O–H groups in total. The Bertz CT molecular complexity index is 486. The molecule has 0 aliphatic carbocycles. The summed E-state index contributed by atoms with van der Waals surface area (Å²) in [6, 6.07) is 10.8. The highest BCUT2D eigenvalue weighted by atomic mass is 15.2. The monoisotopic (exact) mass is 344 g/mol. The average Bonchev–Trinajstić information content (AvgIpc) is 3.10. The third-order valence-electron chi connectivity index (χ3n) is 4.85. The maximum atomic E-state index is 4.81. The lowest BCUT2D eigenvalue weighted by atomic mass is 10.1. The predicted octanol–water partition coefficient (Wildman–Crippen LogP) is 3.30. The van der Waals surface area contributed by atoms with E-state index >= 15 is 0 Å². The lowest BCUT2D eigenvalue weighted by molar-refractivity contribution is 0.329. The topological polar surface area (TPSA) is 39.7 Å². The molecular formula is C21H36N4. The van der Waals surface area contributed by atoms with Gasteiger partial charge in [-0.15, -0.1) is 0 Å². The molecule has 1 aromatic carbocycles. The van der Waals surface area contributed by atoms with Gasteiger partial charge < -0.3 is 15.5 Å². The summed E-state index contributed by atoms with van der Waals surface area (Å²) in [5.41, 5.74) is 1.44. The highest BCUT2D eigenvalue weighted by Crippen LogP contribution is 2.17. The van der Waals surface area contributed by atoms with Crippen LogP contribution in [0.2, 0.25) is 0 Å². The Hall–Kier alpha value is -1.55. The Morgan fingerprint density at radius 2 is 2.00 bits per heavy atom. The summed E-state index contributed by atoms with van der Waals surface area (Å²) in [7, 11) is 0. The van der Waals surface area contributed by atoms with Gasteiger partial charge in [-0.25, -0.2) is 0 Å². The number of benzene rings is 1. The van der Waals surface area contributed by atoms with Crippen molar-refractivity contribution in [2.45, 2.75) is 46.0 Å². The van der Waals surface area contributed by atoms with E-state index < -0.39 is 0 Å². The van der Waals surface area contributed by atoms with Crippen LogP contribution >= 0.6 is 0 Å². The molecule has 0 radical (unpaired) electrons. The van der Waals surface area contributed by atoms with Crippen LogP contribution in [-0.2, 0) is 6.42 Å². The Kier molecular flexibility index (Phi) is 9.42. The molecule has 1 heterocycles. The van der Waals surface area contributed by atoms with E-state index in [1.165, 1.54) is 50.9 Å². The fourth-order valence-corrected chi connectivity index (χ4v) is 3.34. The van der Waals surface area contributed by atoms with Crippen LogP contribution in [0.5, 0.6) is 0 Å². The van der Waals surface area contributed by atoms with Crippen LogP contribution in [0.4, 0.5) is 0 Å². The first kappa shape index (κ1) is 19.8. The second-order valence-electron chi connectivity index (χ2n) is 7.04. The number of unbranched alkanes of at least 4 members (excludes halogenated alkanes) is 2. The number of guanidine groups is 1. The molecule has 1 fully saturated rings. The molecule has 1 aliphatic heterocycles. The van der Waals surface area contributed by atoms with Gasteiger partial charge in [-0.2, -0.15) is 0 Å². The molecule has 0 spiro atoms. The molecule has 0 saturated carbocycles. The van der Waals surface area contributed by atoms with Crippen LogP contribution in [0.3, 0.4) is 0 Å². The fraction of sp³-hybridized carbons (Fsp3) is 0.667. The van der Waals surface area contributed by atoms with Gasteiger partial charge in [0.2, 0.25) is 0 Å². The van der Waals surface area contributed by atoms with Gasteiger partial charge in [0, 0.05) is 32.7 Å². The third-order valence-corrected chi connectivity index (χ3v) is 4.85. The zero-order chi connectivity index (χ0) is 17.7. The first-order valence-corrected chi connectivity index (χ1v) is 10.1. The normalized spacial score (nSPS) is 18.5. The van der Waals surface area contributed by atoms with Gasteiger partial charge >= 0.3 is 0 Å². The molecule has 1 atom stereocenters. The lowest BCUT2D eigenvalue weighted by Crippen LogP contribution is -2.38. The summed E-state index contributed by atoms with van der Waals surface area (Å²) in [5.74, 6) is 1.68. The maximum Gasteiger partial charge on any atom is 0.191 e. The third kappa shape index (κ3) is 7.91. The van der Waals surface area contributed by atoms with Gasteiger partial charge in [-0.1, -0.05) is 50.1 Å². The number of nitrogens with zero attached hydrogens (tertiary/aromatic N) is 2. The summed E-state index contributed by atoms with van der Waals surface area (Å²) in [6.45, 7) is 10.8. The van der Waals surface area contributed by atoms with Gasteiger partial charge in [0.05, 0.1) is 0 Å². The van der Waals surface area contributed by atoms with Crippen LogP contribution < -0.4 is 10.6 Å². The summed E-state index contributed by atoms with van der Waals surface area (Å²) >= 11 is 0. The first-order valence-electron chi connectivity index (χ1n) is 10.1. The largest absolute Gasteiger partial charge is 0.357 e. The molecule has 1 saturated heterocycles. The zero-order valence-electron chi connectivity index (χ0n) is 16.1. The summed E-state index contributed by atoms with van der Waals surface area (Å²) in [6.07, 6.45) is 6.19. The predicted molar refractivity (Wildman–Crippen MR) is 108 cm³/mol. The van der Waals surface area contributed by atoms with Crippen molar-refractivity contribution in [1.82, 2.24) is 15.5 Å². The van der Waals surface area contributed by atoms with Gasteiger partial charge in [0.15, 0.2) is 5.96 Å². The molecule has 1 unspecified atom stereocenters. The smallest absolute Gasteiger partial charge is 0.191 e. The molecule has 0 bridgehead atoms. The van der Waals surface area contributed by atoms with Crippen molar-refractivity contribution >= 4 is 5.96 Å². The first-order chi connectivity index (χ1) is 12.3. The molecule has 0 aromatic heterocycles. The van der Waals surface area contributed by atoms with Crippen molar-refractivity contribution in [2.24, 2.45) is 10.9 Å². The van der Waals surface area contributed by atoms with E-state index in [9.17, 15) is 0 Å². The van der Waals surface area contributed by atoms with Crippen molar-refractivity contribution in [2.75, 3.05) is 39.3 Å². The molecular weight excluding hydrogens is 308 g/mol. The van der Waals surface area contributed by atoms with E-state index in [0.29, 0.717) is 5.92 Å². The van der Waals surface area contributed by atoms with Crippen molar-refractivity contribution in [3.8, 4) is 0 Å². The molecule has 25 heavy (non-hydrogen) atoms. The highest BCUT2D eigenvalue weighted by Gasteiger charge is 2.21. The lowest BCUT2D eigenvalue weighted by Gasteiger charge is -2.16. The molecule has 4 nitrogen and oxygen atoms in total. The van der Waals surface area contributed by atoms with E-state index in [1.807, 2.05) is 0 Å². The molecule has 2 rings (SSSR count). The SMILES string of the molecule is CCCCCNC(=NCC1CCN(CCc2ccccc2)C1)NCC. The summed E-state index contributed by atoms with van der Waals surface area (Å²) in [5, 5.41) is 6.83. The van der Waals surface area contributed by atoms with Crippen LogP contribution in [0.15, 0.2) is 35.3 Å². The standard InChI is InChI=1S/C21H36N4/c1-3-5-9-14-23-21(22-4-2)24-17-20-13-16-25(18-20)15-12-19-10-7-6-8-11-19/h6-8,10-11,20H,3-5,9,12-18H2,1-2H3,(H2,22,23,24). The van der Waals surface area contributed by atoms with Gasteiger partial charge in [0.1, 0.15) is 0 Å². The van der Waals surface area contributed by atoms with Crippen molar-refractivity contribution < 1.29 is 0 Å². The van der Waals surface area contributed by atoms with E-state index in [0.717, 1.165) is 32.0 Å². The Morgan fingerprint density at radius 3 is 2.76 bits per heavy atom. The zero-order valence-corrected chi connectivity index (χ0v) is 16.1. The van der Waals surface area contributed by atoms with E-state index in [1.54, 1.807) is 0 Å². The van der Waals surface area contributed by atoms with Crippen LogP contribution in [0.1, 0.15) is 45.1 Å². The molecule has 1 aromatic rings. The van der Waals surface area contributed by atoms with Crippen molar-refractivity contribution in [3.63, 3.8) is 0 Å². The van der Waals surface area contributed by atoms with E-state index in [2.05, 4.69) is 59.7 Å². The van der Waals surface area contributed by atoms with Gasteiger partial charge in [0.25, 0.3) is 0 Å². The quantitative estimate of drug-likeness (QED) is 0.389. The minimum Gasteiger partial charge on any atom is -0.357 e. The summed E-state index contributed by atoms with van der Waals surface area (Å²) in [4.78, 5) is 7.41. The molecule has 4 heteroatoms. The molecule has 0 amide bonds. The second kappa shape index (κ2) is 11.9. The Labute approximate surface area is 154 Å². The number of hydrogen-bond acceptors (Lipinski definition) is 2. The van der Waals surface area contributed by atoms with Crippen LogP contribution in [0, 0.1) is 5.92 Å². The Balaban J connectivity index is 1.68. The number of nitrogens with one attached hydrogen (secondary N) is 2. The highest BCUT2D eigenvalue weighted by molar-refractivity contribution is 5.79. The van der Waals surface area contributed by atoms with Gasteiger partial charge in [-0.3, -0.25) is 4.99 Å². The Morgan fingerprint density at radius 1 is 1.16 bits per heavy atom. The number of likely N-dealkylation sites (tertiary alicyclic amines) is 1. The van der Waals surface area contributed by atoms with Crippen LogP contribution in [0.25, 0.3) is 0 Å². The number of aliphatic imine (C=N–C) groups is 1.